The highest BCUT2D eigenvalue weighted by molar-refractivity contribution is 5.60. The van der Waals surface area contributed by atoms with Gasteiger partial charge in [-0.05, 0) is 25.1 Å². The average molecular weight is 381 g/mol. The molecule has 2 heterocycles. The molecule has 1 aromatic carbocycles. The number of aromatic nitrogens is 2. The molecule has 1 fully saturated rings. The van der Waals surface area contributed by atoms with Crippen LogP contribution in [0, 0.1) is 6.92 Å². The number of morpholine rings is 1. The summed E-state index contributed by atoms with van der Waals surface area (Å²) in [5, 5.41) is 6.16. The predicted molar refractivity (Wildman–Crippen MR) is 97.2 cm³/mol. The maximum atomic E-state index is 12.9. The molecule has 0 aliphatic carbocycles. The highest BCUT2D eigenvalue weighted by atomic mass is 19.4. The van der Waals surface area contributed by atoms with E-state index in [1.807, 2.05) is 0 Å². The fourth-order valence-corrected chi connectivity index (χ4v) is 2.81. The molecule has 0 atom stereocenters. The molecule has 2 N–H and O–H groups in total. The first kappa shape index (κ1) is 19.4. The summed E-state index contributed by atoms with van der Waals surface area (Å²) in [4.78, 5) is 10.9. The van der Waals surface area contributed by atoms with Gasteiger partial charge in [0, 0.05) is 37.9 Å². The summed E-state index contributed by atoms with van der Waals surface area (Å²) in [6.45, 7) is 6.63. The molecule has 6 nitrogen and oxygen atoms in total. The maximum Gasteiger partial charge on any atom is 0.416 e. The third-order valence-corrected chi connectivity index (χ3v) is 4.14. The van der Waals surface area contributed by atoms with Crippen LogP contribution in [0.2, 0.25) is 0 Å². The van der Waals surface area contributed by atoms with Gasteiger partial charge in [-0.25, -0.2) is 9.97 Å². The third-order valence-electron chi connectivity index (χ3n) is 4.14. The molecule has 3 rings (SSSR count). The lowest BCUT2D eigenvalue weighted by Crippen LogP contribution is -2.39. The smallest absolute Gasteiger partial charge is 0.379 e. The van der Waals surface area contributed by atoms with Crippen molar-refractivity contribution in [3.63, 3.8) is 0 Å². The van der Waals surface area contributed by atoms with E-state index in [1.54, 1.807) is 19.1 Å². The van der Waals surface area contributed by atoms with Gasteiger partial charge >= 0.3 is 6.18 Å². The number of aryl methyl sites for hydroxylation is 1. The first-order valence-electron chi connectivity index (χ1n) is 8.74. The summed E-state index contributed by atoms with van der Waals surface area (Å²) in [7, 11) is 0. The summed E-state index contributed by atoms with van der Waals surface area (Å²) in [5.41, 5.74) is -0.385. The summed E-state index contributed by atoms with van der Waals surface area (Å²) >= 11 is 0. The monoisotopic (exact) mass is 381 g/mol. The van der Waals surface area contributed by atoms with E-state index >= 15 is 0 Å². The number of nitrogens with one attached hydrogen (secondary N) is 2. The molecular weight excluding hydrogens is 359 g/mol. The van der Waals surface area contributed by atoms with Crippen molar-refractivity contribution >= 4 is 17.3 Å². The Balaban J connectivity index is 1.63. The molecule has 1 saturated heterocycles. The van der Waals surface area contributed by atoms with E-state index in [1.165, 1.54) is 6.07 Å². The van der Waals surface area contributed by atoms with E-state index in [0.29, 0.717) is 29.7 Å². The standard InChI is InChI=1S/C18H22F3N5O/c1-13-23-16(22-5-6-26-7-9-27-10-8-26)12-17(24-13)25-15-4-2-3-14(11-15)18(19,20)21/h2-4,11-12H,5-10H2,1H3,(H2,22,23,24,25). The normalized spacial score (nSPS) is 15.6. The van der Waals surface area contributed by atoms with Gasteiger partial charge in [0.15, 0.2) is 0 Å². The molecule has 0 spiro atoms. The summed E-state index contributed by atoms with van der Waals surface area (Å²) in [6, 6.07) is 6.71. The second kappa shape index (κ2) is 8.53. The van der Waals surface area contributed by atoms with Crippen LogP contribution in [0.1, 0.15) is 11.4 Å². The van der Waals surface area contributed by atoms with Gasteiger partial charge in [-0.3, -0.25) is 4.90 Å². The lowest BCUT2D eigenvalue weighted by Gasteiger charge is -2.26. The SMILES string of the molecule is Cc1nc(NCCN2CCOCC2)cc(Nc2cccc(C(F)(F)F)c2)n1. The lowest BCUT2D eigenvalue weighted by atomic mass is 10.2. The molecule has 27 heavy (non-hydrogen) atoms. The van der Waals surface area contributed by atoms with Crippen LogP contribution in [-0.2, 0) is 10.9 Å². The highest BCUT2D eigenvalue weighted by Crippen LogP contribution is 2.31. The van der Waals surface area contributed by atoms with Gasteiger partial charge in [-0.1, -0.05) is 6.07 Å². The molecule has 0 radical (unpaired) electrons. The zero-order valence-corrected chi connectivity index (χ0v) is 15.0. The third kappa shape index (κ3) is 5.80. The maximum absolute atomic E-state index is 12.9. The van der Waals surface area contributed by atoms with Crippen LogP contribution in [-0.4, -0.2) is 54.3 Å². The summed E-state index contributed by atoms with van der Waals surface area (Å²) in [5.74, 6) is 1.60. The Hall–Kier alpha value is -2.39. The van der Waals surface area contributed by atoms with Crippen molar-refractivity contribution in [2.75, 3.05) is 50.0 Å². The molecule has 9 heteroatoms. The predicted octanol–water partition coefficient (Wildman–Crippen LogP) is 3.29. The van der Waals surface area contributed by atoms with Crippen LogP contribution in [0.15, 0.2) is 30.3 Å². The van der Waals surface area contributed by atoms with Gasteiger partial charge in [0.1, 0.15) is 17.5 Å². The molecule has 0 amide bonds. The van der Waals surface area contributed by atoms with E-state index in [-0.39, 0.29) is 0 Å². The van der Waals surface area contributed by atoms with Crippen molar-refractivity contribution in [2.24, 2.45) is 0 Å². The minimum Gasteiger partial charge on any atom is -0.379 e. The zero-order valence-electron chi connectivity index (χ0n) is 15.0. The molecule has 2 aromatic rings. The number of halogens is 3. The molecule has 0 saturated carbocycles. The Morgan fingerprint density at radius 3 is 2.59 bits per heavy atom. The van der Waals surface area contributed by atoms with Gasteiger partial charge in [-0.2, -0.15) is 13.2 Å². The van der Waals surface area contributed by atoms with Crippen molar-refractivity contribution in [3.05, 3.63) is 41.7 Å². The second-order valence-electron chi connectivity index (χ2n) is 6.27. The number of benzene rings is 1. The number of anilines is 3. The molecule has 1 aliphatic rings. The van der Waals surface area contributed by atoms with Gasteiger partial charge in [0.25, 0.3) is 0 Å². The van der Waals surface area contributed by atoms with E-state index in [2.05, 4.69) is 25.5 Å². The van der Waals surface area contributed by atoms with Crippen molar-refractivity contribution in [1.29, 1.82) is 0 Å². The number of hydrogen-bond donors (Lipinski definition) is 2. The number of nitrogens with zero attached hydrogens (tertiary/aromatic N) is 3. The van der Waals surface area contributed by atoms with Crippen LogP contribution in [0.4, 0.5) is 30.5 Å². The Kier molecular flexibility index (Phi) is 6.12. The summed E-state index contributed by atoms with van der Waals surface area (Å²) in [6.07, 6.45) is -4.38. The second-order valence-corrected chi connectivity index (χ2v) is 6.27. The molecule has 1 aliphatic heterocycles. The average Bonchev–Trinajstić information content (AvgIpc) is 2.62. The fourth-order valence-electron chi connectivity index (χ4n) is 2.81. The molecule has 146 valence electrons. The molecular formula is C18H22F3N5O. The minimum absolute atomic E-state index is 0.321. The van der Waals surface area contributed by atoms with Crippen molar-refractivity contribution in [1.82, 2.24) is 14.9 Å². The van der Waals surface area contributed by atoms with Crippen molar-refractivity contribution in [2.45, 2.75) is 13.1 Å². The van der Waals surface area contributed by atoms with Crippen LogP contribution >= 0.6 is 0 Å². The van der Waals surface area contributed by atoms with Gasteiger partial charge in [0.05, 0.1) is 18.8 Å². The van der Waals surface area contributed by atoms with Crippen LogP contribution in [0.5, 0.6) is 0 Å². The Morgan fingerprint density at radius 1 is 1.11 bits per heavy atom. The lowest BCUT2D eigenvalue weighted by molar-refractivity contribution is -0.137. The van der Waals surface area contributed by atoms with Crippen molar-refractivity contribution < 1.29 is 17.9 Å². The van der Waals surface area contributed by atoms with Crippen LogP contribution in [0.25, 0.3) is 0 Å². The number of ether oxygens (including phenoxy) is 1. The minimum atomic E-state index is -4.38. The molecule has 0 bridgehead atoms. The van der Waals surface area contributed by atoms with Gasteiger partial charge in [0.2, 0.25) is 0 Å². The highest BCUT2D eigenvalue weighted by Gasteiger charge is 2.30. The van der Waals surface area contributed by atoms with E-state index in [9.17, 15) is 13.2 Å². The number of alkyl halides is 3. The van der Waals surface area contributed by atoms with E-state index in [4.69, 9.17) is 4.74 Å². The quantitative estimate of drug-likeness (QED) is 0.801. The van der Waals surface area contributed by atoms with Gasteiger partial charge in [-0.15, -0.1) is 0 Å². The van der Waals surface area contributed by atoms with E-state index in [0.717, 1.165) is 45.0 Å². The van der Waals surface area contributed by atoms with Crippen molar-refractivity contribution in [3.8, 4) is 0 Å². The zero-order chi connectivity index (χ0) is 19.3. The topological polar surface area (TPSA) is 62.3 Å². The Morgan fingerprint density at radius 2 is 1.85 bits per heavy atom. The van der Waals surface area contributed by atoms with Gasteiger partial charge < -0.3 is 15.4 Å². The van der Waals surface area contributed by atoms with Crippen LogP contribution in [0.3, 0.4) is 0 Å². The summed E-state index contributed by atoms with van der Waals surface area (Å²) < 4.78 is 43.9. The first-order valence-corrected chi connectivity index (χ1v) is 8.74. The Bertz CT molecular complexity index is 763. The molecule has 0 unspecified atom stereocenters. The van der Waals surface area contributed by atoms with Crippen LogP contribution < -0.4 is 10.6 Å². The number of rotatable bonds is 6. The fraction of sp³-hybridized carbons (Fsp3) is 0.444. The molecule has 1 aromatic heterocycles. The largest absolute Gasteiger partial charge is 0.416 e. The Labute approximate surface area is 155 Å². The van der Waals surface area contributed by atoms with E-state index < -0.39 is 11.7 Å². The first-order chi connectivity index (χ1) is 12.9. The number of hydrogen-bond acceptors (Lipinski definition) is 6.